The highest BCUT2D eigenvalue weighted by molar-refractivity contribution is 7.98. The molecule has 2 heterocycles. The number of fused-ring (bicyclic) bond motifs is 1. The Bertz CT molecular complexity index is 896. The van der Waals surface area contributed by atoms with Gasteiger partial charge >= 0.3 is 0 Å². The zero-order chi connectivity index (χ0) is 17.9. The molecular weight excluding hydrogens is 350 g/mol. The number of hydrogen-bond acceptors (Lipinski definition) is 7. The van der Waals surface area contributed by atoms with Gasteiger partial charge in [-0.15, -0.1) is 22.0 Å². The molecule has 3 aromatic rings. The summed E-state index contributed by atoms with van der Waals surface area (Å²) >= 11 is 1.62. The first-order chi connectivity index (χ1) is 12.7. The third-order valence-corrected chi connectivity index (χ3v) is 5.09. The zero-order valence-corrected chi connectivity index (χ0v) is 15.3. The molecule has 0 saturated heterocycles. The fourth-order valence-corrected chi connectivity index (χ4v) is 3.31. The van der Waals surface area contributed by atoms with Gasteiger partial charge in [0.2, 0.25) is 5.65 Å². The van der Waals surface area contributed by atoms with E-state index in [2.05, 4.69) is 20.6 Å². The van der Waals surface area contributed by atoms with Crippen molar-refractivity contribution in [1.29, 1.82) is 0 Å². The lowest BCUT2D eigenvalue weighted by molar-refractivity contribution is 0.116. The number of aromatic nitrogens is 4. The molecule has 1 atom stereocenters. The number of hydrogen-bond donors (Lipinski definition) is 2. The number of thioether (sulfide) groups is 1. The van der Waals surface area contributed by atoms with Gasteiger partial charge in [-0.3, -0.25) is 0 Å². The summed E-state index contributed by atoms with van der Waals surface area (Å²) in [6.07, 6.45) is 5.30. The van der Waals surface area contributed by atoms with E-state index in [1.807, 2.05) is 36.6 Å². The molecule has 0 spiro atoms. The van der Waals surface area contributed by atoms with Gasteiger partial charge in [-0.2, -0.15) is 9.61 Å². The summed E-state index contributed by atoms with van der Waals surface area (Å²) < 4.78 is 7.45. The van der Waals surface area contributed by atoms with Crippen LogP contribution in [0.15, 0.2) is 41.6 Å². The second kappa shape index (κ2) is 7.51. The summed E-state index contributed by atoms with van der Waals surface area (Å²) in [6.45, 7) is 0.576. The van der Waals surface area contributed by atoms with Crippen molar-refractivity contribution in [2.45, 2.75) is 29.8 Å². The van der Waals surface area contributed by atoms with E-state index in [4.69, 9.17) is 4.74 Å². The van der Waals surface area contributed by atoms with Gasteiger partial charge in [0.15, 0.2) is 0 Å². The minimum absolute atomic E-state index is 0.216. The van der Waals surface area contributed by atoms with Crippen molar-refractivity contribution >= 4 is 23.1 Å². The normalized spacial score (nSPS) is 15.2. The van der Waals surface area contributed by atoms with E-state index < -0.39 is 6.10 Å². The van der Waals surface area contributed by atoms with Crippen molar-refractivity contribution in [3.05, 3.63) is 42.4 Å². The Labute approximate surface area is 155 Å². The maximum Gasteiger partial charge on any atom is 0.200 e. The Balaban J connectivity index is 1.39. The number of aliphatic hydroxyl groups is 1. The van der Waals surface area contributed by atoms with Crippen LogP contribution in [0.3, 0.4) is 0 Å². The molecule has 26 heavy (non-hydrogen) atoms. The minimum Gasteiger partial charge on any atom is -0.490 e. The minimum atomic E-state index is -0.648. The van der Waals surface area contributed by atoms with Gasteiger partial charge in [0.05, 0.1) is 11.4 Å². The Morgan fingerprint density at radius 3 is 3.04 bits per heavy atom. The maximum atomic E-state index is 10.3. The van der Waals surface area contributed by atoms with E-state index in [1.165, 1.54) is 12.8 Å². The predicted molar refractivity (Wildman–Crippen MR) is 101 cm³/mol. The quantitative estimate of drug-likeness (QED) is 0.589. The molecule has 7 nitrogen and oxygen atoms in total. The first-order valence-electron chi connectivity index (χ1n) is 8.63. The van der Waals surface area contributed by atoms with Crippen molar-refractivity contribution < 1.29 is 9.84 Å². The largest absolute Gasteiger partial charge is 0.490 e. The topological polar surface area (TPSA) is 84.6 Å². The molecule has 2 aromatic heterocycles. The standard InChI is InChI=1S/C18H21N5O2S/c1-26-17-5-3-2-4-16(17)25-10-13(24)9-19-15-8-14(12-6-7-12)22-23-11-20-21-18(15)23/h2-5,8,11-13,19,24H,6-7,9-10H2,1H3/t13-/m1/s1. The van der Waals surface area contributed by atoms with Crippen LogP contribution in [0.4, 0.5) is 5.69 Å². The fourth-order valence-electron chi connectivity index (χ4n) is 2.77. The Hall–Kier alpha value is -2.32. The highest BCUT2D eigenvalue weighted by atomic mass is 32.2. The van der Waals surface area contributed by atoms with Gasteiger partial charge < -0.3 is 15.2 Å². The number of nitrogens with zero attached hydrogens (tertiary/aromatic N) is 4. The summed E-state index contributed by atoms with van der Waals surface area (Å²) in [4.78, 5) is 1.06. The zero-order valence-electron chi connectivity index (χ0n) is 14.5. The number of ether oxygens (including phenoxy) is 1. The molecule has 1 fully saturated rings. The van der Waals surface area contributed by atoms with E-state index >= 15 is 0 Å². The fraction of sp³-hybridized carbons (Fsp3) is 0.389. The third kappa shape index (κ3) is 3.76. The number of benzene rings is 1. The van der Waals surface area contributed by atoms with E-state index in [9.17, 15) is 5.11 Å². The molecule has 1 saturated carbocycles. The van der Waals surface area contributed by atoms with E-state index in [-0.39, 0.29) is 6.61 Å². The van der Waals surface area contributed by atoms with Crippen LogP contribution in [0.5, 0.6) is 5.75 Å². The van der Waals surface area contributed by atoms with Gasteiger partial charge in [-0.25, -0.2) is 0 Å². The van der Waals surface area contributed by atoms with Crippen molar-refractivity contribution in [1.82, 2.24) is 19.8 Å². The van der Waals surface area contributed by atoms with Crippen molar-refractivity contribution in [2.24, 2.45) is 0 Å². The van der Waals surface area contributed by atoms with E-state index in [0.29, 0.717) is 18.1 Å². The first-order valence-corrected chi connectivity index (χ1v) is 9.86. The Morgan fingerprint density at radius 2 is 2.23 bits per heavy atom. The molecular formula is C18H21N5O2S. The predicted octanol–water partition coefficient (Wildman–Crippen LogP) is 2.58. The van der Waals surface area contributed by atoms with Crippen LogP contribution in [-0.2, 0) is 0 Å². The monoisotopic (exact) mass is 371 g/mol. The van der Waals surface area contributed by atoms with Crippen LogP contribution in [0.25, 0.3) is 5.65 Å². The molecule has 1 aromatic carbocycles. The Morgan fingerprint density at radius 1 is 1.38 bits per heavy atom. The average molecular weight is 371 g/mol. The molecule has 1 aliphatic rings. The van der Waals surface area contributed by atoms with Gasteiger partial charge in [-0.05, 0) is 37.3 Å². The summed E-state index contributed by atoms with van der Waals surface area (Å²) in [5, 5.41) is 26.1. The molecule has 0 aliphatic heterocycles. The number of aliphatic hydroxyl groups excluding tert-OH is 1. The van der Waals surface area contributed by atoms with Gasteiger partial charge in [0.25, 0.3) is 0 Å². The molecule has 4 rings (SSSR count). The van der Waals surface area contributed by atoms with Crippen molar-refractivity contribution in [3.8, 4) is 5.75 Å². The average Bonchev–Trinajstić information content (AvgIpc) is 3.42. The molecule has 8 heteroatoms. The molecule has 0 amide bonds. The number of para-hydroxylation sites is 1. The van der Waals surface area contributed by atoms with Gasteiger partial charge in [0, 0.05) is 17.4 Å². The summed E-state index contributed by atoms with van der Waals surface area (Å²) in [7, 11) is 0. The lowest BCUT2D eigenvalue weighted by atomic mass is 10.2. The molecule has 136 valence electrons. The molecule has 1 aliphatic carbocycles. The van der Waals surface area contributed by atoms with Crippen LogP contribution in [0, 0.1) is 0 Å². The number of anilines is 1. The molecule has 0 bridgehead atoms. The molecule has 2 N–H and O–H groups in total. The Kier molecular flexibility index (Phi) is 4.94. The van der Waals surface area contributed by atoms with Crippen LogP contribution in [0.2, 0.25) is 0 Å². The van der Waals surface area contributed by atoms with Gasteiger partial charge in [-0.1, -0.05) is 12.1 Å². The van der Waals surface area contributed by atoms with Crippen LogP contribution in [-0.4, -0.2) is 50.4 Å². The van der Waals surface area contributed by atoms with Crippen molar-refractivity contribution in [2.75, 3.05) is 24.7 Å². The SMILES string of the molecule is CSc1ccccc1OC[C@H](O)CNc1cc(C2CC2)nn2cnnc12. The van der Waals surface area contributed by atoms with Crippen LogP contribution < -0.4 is 10.1 Å². The first kappa shape index (κ1) is 17.1. The van der Waals surface area contributed by atoms with E-state index in [0.717, 1.165) is 22.0 Å². The molecule has 0 unspecified atom stereocenters. The lowest BCUT2D eigenvalue weighted by Gasteiger charge is -2.16. The second-order valence-electron chi connectivity index (χ2n) is 6.35. The lowest BCUT2D eigenvalue weighted by Crippen LogP contribution is -2.26. The van der Waals surface area contributed by atoms with Crippen LogP contribution >= 0.6 is 11.8 Å². The smallest absolute Gasteiger partial charge is 0.200 e. The highest BCUT2D eigenvalue weighted by Crippen LogP contribution is 2.39. The van der Waals surface area contributed by atoms with Crippen LogP contribution in [0.1, 0.15) is 24.5 Å². The molecule has 0 radical (unpaired) electrons. The summed E-state index contributed by atoms with van der Waals surface area (Å²) in [5.41, 5.74) is 2.54. The van der Waals surface area contributed by atoms with Crippen molar-refractivity contribution in [3.63, 3.8) is 0 Å². The van der Waals surface area contributed by atoms with Gasteiger partial charge in [0.1, 0.15) is 24.8 Å². The summed E-state index contributed by atoms with van der Waals surface area (Å²) in [6, 6.07) is 9.83. The number of nitrogens with one attached hydrogen (secondary N) is 1. The maximum absolute atomic E-state index is 10.3. The van der Waals surface area contributed by atoms with E-state index in [1.54, 1.807) is 22.6 Å². The second-order valence-corrected chi connectivity index (χ2v) is 7.20. The highest BCUT2D eigenvalue weighted by Gasteiger charge is 2.26. The summed E-state index contributed by atoms with van der Waals surface area (Å²) in [5.74, 6) is 1.32. The number of rotatable bonds is 8. The third-order valence-electron chi connectivity index (χ3n) is 4.31.